The number of halogens is 1. The van der Waals surface area contributed by atoms with Gasteiger partial charge in [0.15, 0.2) is 0 Å². The Balaban J connectivity index is 1.65. The van der Waals surface area contributed by atoms with Gasteiger partial charge in [-0.1, -0.05) is 85.1 Å². The van der Waals surface area contributed by atoms with Crippen molar-refractivity contribution in [3.63, 3.8) is 0 Å². The third-order valence-corrected chi connectivity index (χ3v) is 7.15. The number of amides is 2. The van der Waals surface area contributed by atoms with Crippen LogP contribution in [0.2, 0.25) is 5.02 Å². The van der Waals surface area contributed by atoms with Crippen LogP contribution in [0.5, 0.6) is 5.75 Å². The average Bonchev–Trinajstić information content (AvgIpc) is 3.41. The second-order valence-corrected chi connectivity index (χ2v) is 9.74. The number of carbonyl (C=O) groups is 2. The van der Waals surface area contributed by atoms with Crippen molar-refractivity contribution in [2.24, 2.45) is 0 Å². The lowest BCUT2D eigenvalue weighted by atomic mass is 10.0. The van der Waals surface area contributed by atoms with Crippen LogP contribution in [0.15, 0.2) is 78.9 Å². The Kier molecular flexibility index (Phi) is 9.01. The van der Waals surface area contributed by atoms with Crippen LogP contribution in [0.3, 0.4) is 0 Å². The molecule has 3 aromatic rings. The van der Waals surface area contributed by atoms with Crippen molar-refractivity contribution in [2.75, 3.05) is 7.11 Å². The number of methoxy groups -OCH3 is 1. The Hall–Kier alpha value is -3.31. The van der Waals surface area contributed by atoms with E-state index in [2.05, 4.69) is 5.32 Å². The lowest BCUT2D eigenvalue weighted by Crippen LogP contribution is -2.52. The van der Waals surface area contributed by atoms with Gasteiger partial charge in [0, 0.05) is 24.0 Å². The molecule has 0 aromatic heterocycles. The van der Waals surface area contributed by atoms with Gasteiger partial charge in [0.2, 0.25) is 11.8 Å². The predicted octanol–water partition coefficient (Wildman–Crippen LogP) is 5.59. The summed E-state index contributed by atoms with van der Waals surface area (Å²) in [5.74, 6) is 0.500. The van der Waals surface area contributed by atoms with Crippen LogP contribution in [0.25, 0.3) is 0 Å². The number of benzene rings is 3. The fourth-order valence-electron chi connectivity index (χ4n) is 4.75. The molecule has 1 unspecified atom stereocenters. The molecule has 6 heteroatoms. The fraction of sp³-hybridized carbons (Fsp3) is 0.333. The maximum Gasteiger partial charge on any atom is 0.243 e. The highest BCUT2D eigenvalue weighted by atomic mass is 35.5. The predicted molar refractivity (Wildman–Crippen MR) is 143 cm³/mol. The van der Waals surface area contributed by atoms with Crippen LogP contribution in [0.4, 0.5) is 0 Å². The van der Waals surface area contributed by atoms with Crippen molar-refractivity contribution >= 4 is 23.4 Å². The molecular weight excluding hydrogens is 472 g/mol. The monoisotopic (exact) mass is 504 g/mol. The molecule has 1 aliphatic rings. The van der Waals surface area contributed by atoms with Crippen molar-refractivity contribution in [3.8, 4) is 5.75 Å². The van der Waals surface area contributed by atoms with E-state index in [-0.39, 0.29) is 30.8 Å². The SMILES string of the molecule is COc1ccc(CC(=O)N(Cc2ccccc2Cl)C(Cc2ccccc2)C(=O)NC2CCCC2)cc1. The molecule has 0 aliphatic heterocycles. The van der Waals surface area contributed by atoms with E-state index in [1.165, 1.54) is 0 Å². The van der Waals surface area contributed by atoms with E-state index in [0.717, 1.165) is 48.1 Å². The van der Waals surface area contributed by atoms with Gasteiger partial charge < -0.3 is 15.0 Å². The van der Waals surface area contributed by atoms with Gasteiger partial charge in [0.1, 0.15) is 11.8 Å². The number of nitrogens with one attached hydrogen (secondary N) is 1. The van der Waals surface area contributed by atoms with E-state index in [4.69, 9.17) is 16.3 Å². The molecule has 0 heterocycles. The van der Waals surface area contributed by atoms with E-state index < -0.39 is 6.04 Å². The molecule has 1 N–H and O–H groups in total. The summed E-state index contributed by atoms with van der Waals surface area (Å²) in [4.78, 5) is 29.2. The number of hydrogen-bond acceptors (Lipinski definition) is 3. The van der Waals surface area contributed by atoms with Gasteiger partial charge in [-0.15, -0.1) is 0 Å². The molecule has 1 aliphatic carbocycles. The zero-order valence-electron chi connectivity index (χ0n) is 20.7. The fourth-order valence-corrected chi connectivity index (χ4v) is 4.95. The van der Waals surface area contributed by atoms with Crippen molar-refractivity contribution in [2.45, 2.75) is 57.2 Å². The Labute approximate surface area is 218 Å². The normalized spacial score (nSPS) is 14.3. The zero-order chi connectivity index (χ0) is 25.3. The van der Waals surface area contributed by atoms with Gasteiger partial charge in [-0.3, -0.25) is 9.59 Å². The van der Waals surface area contributed by atoms with E-state index in [1.807, 2.05) is 78.9 Å². The van der Waals surface area contributed by atoms with Crippen LogP contribution in [0, 0.1) is 0 Å². The van der Waals surface area contributed by atoms with Gasteiger partial charge in [-0.2, -0.15) is 0 Å². The number of rotatable bonds is 10. The molecule has 0 spiro atoms. The maximum absolute atomic E-state index is 13.8. The van der Waals surface area contributed by atoms with Crippen LogP contribution in [-0.2, 0) is 29.0 Å². The molecule has 0 bridgehead atoms. The summed E-state index contributed by atoms with van der Waals surface area (Å²) < 4.78 is 5.25. The minimum absolute atomic E-state index is 0.110. The first-order chi connectivity index (χ1) is 17.5. The molecule has 3 aromatic carbocycles. The Morgan fingerprint density at radius 1 is 0.944 bits per heavy atom. The first kappa shape index (κ1) is 25.8. The molecule has 1 atom stereocenters. The molecule has 2 amide bonds. The van der Waals surface area contributed by atoms with Gasteiger partial charge in [-0.25, -0.2) is 0 Å². The third kappa shape index (κ3) is 6.88. The van der Waals surface area contributed by atoms with Crippen LogP contribution >= 0.6 is 11.6 Å². The first-order valence-electron chi connectivity index (χ1n) is 12.5. The third-order valence-electron chi connectivity index (χ3n) is 6.79. The number of hydrogen-bond donors (Lipinski definition) is 1. The summed E-state index contributed by atoms with van der Waals surface area (Å²) >= 11 is 6.50. The molecule has 36 heavy (non-hydrogen) atoms. The molecular formula is C30H33ClN2O3. The minimum atomic E-state index is -0.657. The maximum atomic E-state index is 13.8. The molecule has 1 fully saturated rings. The molecule has 0 saturated heterocycles. The molecule has 188 valence electrons. The summed E-state index contributed by atoms with van der Waals surface area (Å²) in [6, 6.07) is 24.3. The molecule has 5 nitrogen and oxygen atoms in total. The van der Waals surface area contributed by atoms with E-state index in [1.54, 1.807) is 12.0 Å². The highest BCUT2D eigenvalue weighted by molar-refractivity contribution is 6.31. The molecule has 0 radical (unpaired) electrons. The summed E-state index contributed by atoms with van der Waals surface area (Å²) in [5.41, 5.74) is 2.68. The van der Waals surface area contributed by atoms with E-state index in [0.29, 0.717) is 11.4 Å². The lowest BCUT2D eigenvalue weighted by molar-refractivity contribution is -0.141. The Morgan fingerprint density at radius 2 is 1.61 bits per heavy atom. The standard InChI is InChI=1S/C30H33ClN2O3/c1-36-26-17-15-23(16-18-26)20-29(34)33(21-24-11-5-8-14-27(24)31)28(19-22-9-3-2-4-10-22)30(35)32-25-12-6-7-13-25/h2-5,8-11,14-18,25,28H,6-7,12-13,19-21H2,1H3,(H,32,35). The second-order valence-electron chi connectivity index (χ2n) is 9.33. The molecule has 4 rings (SSSR count). The highest BCUT2D eigenvalue weighted by Gasteiger charge is 2.32. The number of ether oxygens (including phenoxy) is 1. The Bertz CT molecular complexity index is 1140. The van der Waals surface area contributed by atoms with Gasteiger partial charge in [-0.05, 0) is 47.7 Å². The van der Waals surface area contributed by atoms with Crippen LogP contribution in [-0.4, -0.2) is 35.9 Å². The number of carbonyl (C=O) groups excluding carboxylic acids is 2. The average molecular weight is 505 g/mol. The molecule has 1 saturated carbocycles. The topological polar surface area (TPSA) is 58.6 Å². The second kappa shape index (κ2) is 12.6. The van der Waals surface area contributed by atoms with Gasteiger partial charge in [0.05, 0.1) is 13.5 Å². The first-order valence-corrected chi connectivity index (χ1v) is 12.9. The zero-order valence-corrected chi connectivity index (χ0v) is 21.4. The van der Waals surface area contributed by atoms with Crippen LogP contribution < -0.4 is 10.1 Å². The Morgan fingerprint density at radius 3 is 2.28 bits per heavy atom. The minimum Gasteiger partial charge on any atom is -0.497 e. The van der Waals surface area contributed by atoms with Crippen molar-refractivity contribution in [3.05, 3.63) is 101 Å². The largest absolute Gasteiger partial charge is 0.497 e. The van der Waals surface area contributed by atoms with Gasteiger partial charge >= 0.3 is 0 Å². The van der Waals surface area contributed by atoms with Crippen molar-refractivity contribution in [1.82, 2.24) is 10.2 Å². The van der Waals surface area contributed by atoms with E-state index >= 15 is 0 Å². The summed E-state index contributed by atoms with van der Waals surface area (Å²) in [6.07, 6.45) is 4.80. The van der Waals surface area contributed by atoms with Crippen LogP contribution in [0.1, 0.15) is 42.4 Å². The van der Waals surface area contributed by atoms with Gasteiger partial charge in [0.25, 0.3) is 0 Å². The smallest absolute Gasteiger partial charge is 0.243 e. The number of nitrogens with zero attached hydrogens (tertiary/aromatic N) is 1. The quantitative estimate of drug-likeness (QED) is 0.391. The summed E-state index contributed by atoms with van der Waals surface area (Å²) in [5, 5.41) is 3.81. The lowest BCUT2D eigenvalue weighted by Gasteiger charge is -2.32. The highest BCUT2D eigenvalue weighted by Crippen LogP contribution is 2.23. The van der Waals surface area contributed by atoms with E-state index in [9.17, 15) is 9.59 Å². The van der Waals surface area contributed by atoms with Crippen molar-refractivity contribution < 1.29 is 14.3 Å². The summed E-state index contributed by atoms with van der Waals surface area (Å²) in [6.45, 7) is 0.254. The summed E-state index contributed by atoms with van der Waals surface area (Å²) in [7, 11) is 1.61. The van der Waals surface area contributed by atoms with Crippen molar-refractivity contribution in [1.29, 1.82) is 0 Å².